The van der Waals surface area contributed by atoms with E-state index in [-0.39, 0.29) is 56.7 Å². The molecule has 0 heterocycles. The molecule has 4 nitrogen and oxygen atoms in total. The van der Waals surface area contributed by atoms with E-state index < -0.39 is 10.8 Å². The number of nitrogens with one attached hydrogen (secondary N) is 1. The topological polar surface area (TPSA) is 70.0 Å². The molecule has 5 rings (SSSR count). The maximum Gasteiger partial charge on any atom is 0.178 e. The quantitative estimate of drug-likeness (QED) is 0.418. The van der Waals surface area contributed by atoms with Crippen molar-refractivity contribution in [3.63, 3.8) is 0 Å². The van der Waals surface area contributed by atoms with E-state index in [1.54, 1.807) is 0 Å². The summed E-state index contributed by atoms with van der Waals surface area (Å²) in [6.07, 6.45) is 16.4. The molecule has 3 fully saturated rings. The molecule has 0 aromatic heterocycles. The van der Waals surface area contributed by atoms with Crippen LogP contribution in [0.1, 0.15) is 93.4 Å². The van der Waals surface area contributed by atoms with E-state index in [1.807, 2.05) is 26.0 Å². The Labute approximate surface area is 229 Å². The zero-order chi connectivity index (χ0) is 28.1. The smallest absolute Gasteiger partial charge is 0.178 e. The first kappa shape index (κ1) is 27.0. The van der Waals surface area contributed by atoms with Gasteiger partial charge in [0, 0.05) is 22.3 Å². The predicted octanol–water partition coefficient (Wildman–Crippen LogP) is 6.69. The summed E-state index contributed by atoms with van der Waals surface area (Å²) in [4.78, 5) is 27.7. The van der Waals surface area contributed by atoms with Crippen LogP contribution in [-0.2, 0) is 9.59 Å². The monoisotopic (exact) mass is 512 g/mol. The molecule has 0 spiro atoms. The van der Waals surface area contributed by atoms with E-state index in [9.17, 15) is 14.9 Å². The molecule has 0 amide bonds. The number of ketones is 2. The number of fused-ring (bicyclic) bond motifs is 7. The van der Waals surface area contributed by atoms with Gasteiger partial charge in [0.15, 0.2) is 11.6 Å². The van der Waals surface area contributed by atoms with Crippen LogP contribution in [0.25, 0.3) is 0 Å². The summed E-state index contributed by atoms with van der Waals surface area (Å²) in [6, 6.07) is 2.19. The summed E-state index contributed by atoms with van der Waals surface area (Å²) in [5.41, 5.74) is 0.347. The van der Waals surface area contributed by atoms with Gasteiger partial charge in [0.25, 0.3) is 0 Å². The van der Waals surface area contributed by atoms with Crippen LogP contribution in [-0.4, -0.2) is 17.1 Å². The third-order valence-electron chi connectivity index (χ3n) is 12.4. The van der Waals surface area contributed by atoms with E-state index in [4.69, 9.17) is 6.42 Å². The zero-order valence-corrected chi connectivity index (χ0v) is 24.4. The number of carbonyl (C=O) groups is 2. The van der Waals surface area contributed by atoms with Crippen LogP contribution >= 0.6 is 0 Å². The summed E-state index contributed by atoms with van der Waals surface area (Å²) in [5.74, 6) is 2.96. The maximum atomic E-state index is 14.5. The van der Waals surface area contributed by atoms with Crippen molar-refractivity contribution in [2.45, 2.75) is 99.0 Å². The van der Waals surface area contributed by atoms with Crippen LogP contribution in [0.4, 0.5) is 0 Å². The van der Waals surface area contributed by atoms with Gasteiger partial charge in [0.05, 0.1) is 11.3 Å². The van der Waals surface area contributed by atoms with Gasteiger partial charge in [-0.15, -0.1) is 6.42 Å². The van der Waals surface area contributed by atoms with Crippen LogP contribution in [0.3, 0.4) is 0 Å². The molecular weight excluding hydrogens is 468 g/mol. The molecule has 5 aliphatic rings. The van der Waals surface area contributed by atoms with Gasteiger partial charge in [-0.05, 0) is 79.1 Å². The normalized spacial score (nSPS) is 44.5. The number of allylic oxidation sites excluding steroid dienone is 5. The molecule has 4 heteroatoms. The summed E-state index contributed by atoms with van der Waals surface area (Å²) in [6.45, 7) is 19.6. The molecule has 3 saturated carbocycles. The van der Waals surface area contributed by atoms with Crippen molar-refractivity contribution in [2.24, 2.45) is 44.8 Å². The fourth-order valence-electron chi connectivity index (χ4n) is 10.2. The van der Waals surface area contributed by atoms with Gasteiger partial charge in [-0.1, -0.05) is 72.6 Å². The highest BCUT2D eigenvalue weighted by molar-refractivity contribution is 6.04. The fraction of sp³-hybridized carbons (Fsp3) is 0.676. The molecule has 202 valence electrons. The Morgan fingerprint density at radius 3 is 2.34 bits per heavy atom. The molecular formula is C34H44N2O2. The molecule has 0 aromatic rings. The SMILES string of the molecule is C#CC(=C)N[C@]12CCC(C)(C)CC1C1C(=O)C=C3[C@@]4(C)C=C(C#N)C(=O)C(C)(C)[C@@H]4CC[C@@]3(C)[C@]1(C)CC2. The number of terminal acetylenes is 1. The van der Waals surface area contributed by atoms with E-state index >= 15 is 0 Å². The van der Waals surface area contributed by atoms with Gasteiger partial charge in [0.1, 0.15) is 6.07 Å². The van der Waals surface area contributed by atoms with Gasteiger partial charge >= 0.3 is 0 Å². The van der Waals surface area contributed by atoms with E-state index in [2.05, 4.69) is 58.5 Å². The van der Waals surface area contributed by atoms with Gasteiger partial charge in [-0.3, -0.25) is 9.59 Å². The van der Waals surface area contributed by atoms with E-state index in [1.165, 1.54) is 0 Å². The van der Waals surface area contributed by atoms with Crippen LogP contribution in [0, 0.1) is 68.5 Å². The molecule has 1 N–H and O–H groups in total. The minimum Gasteiger partial charge on any atom is -0.373 e. The van der Waals surface area contributed by atoms with Crippen molar-refractivity contribution in [1.82, 2.24) is 5.32 Å². The highest BCUT2D eigenvalue weighted by Crippen LogP contribution is 2.73. The number of nitrogens with zero attached hydrogens (tertiary/aromatic N) is 1. The van der Waals surface area contributed by atoms with Crippen molar-refractivity contribution < 1.29 is 9.59 Å². The third-order valence-corrected chi connectivity index (χ3v) is 12.4. The lowest BCUT2D eigenvalue weighted by Gasteiger charge is -2.69. The van der Waals surface area contributed by atoms with Crippen molar-refractivity contribution >= 4 is 11.6 Å². The predicted molar refractivity (Wildman–Crippen MR) is 150 cm³/mol. The highest BCUT2D eigenvalue weighted by Gasteiger charge is 2.69. The second kappa shape index (κ2) is 7.97. The number of rotatable bonds is 2. The molecule has 0 bridgehead atoms. The molecule has 0 aliphatic heterocycles. The Kier molecular flexibility index (Phi) is 5.66. The lowest BCUT2D eigenvalue weighted by molar-refractivity contribution is -0.160. The Balaban J connectivity index is 1.69. The number of nitriles is 1. The van der Waals surface area contributed by atoms with Crippen molar-refractivity contribution in [1.29, 1.82) is 5.26 Å². The minimum absolute atomic E-state index is 0.0591. The van der Waals surface area contributed by atoms with Crippen LogP contribution in [0.2, 0.25) is 0 Å². The second-order valence-electron chi connectivity index (χ2n) is 15.2. The standard InChI is InChI=1S/C34H44N2O2/c1-10-21(2)36-34-15-13-29(3,4)19-23(34)27-24(37)17-26-31(7)18-22(20-35)28(38)30(5,6)25(31)11-12-32(26,8)33(27,9)14-16-34/h1,17-18,23,25,27,36H,2,11-16,19H2,3-9H3/t23?,25-,27?,31-,32+,33+,34-/m0/s1. The average molecular weight is 513 g/mol. The Morgan fingerprint density at radius 1 is 1.05 bits per heavy atom. The molecule has 38 heavy (non-hydrogen) atoms. The summed E-state index contributed by atoms with van der Waals surface area (Å²) < 4.78 is 0. The maximum absolute atomic E-state index is 14.5. The molecule has 0 saturated heterocycles. The highest BCUT2D eigenvalue weighted by atomic mass is 16.1. The van der Waals surface area contributed by atoms with Crippen LogP contribution < -0.4 is 5.32 Å². The summed E-state index contributed by atoms with van der Waals surface area (Å²) >= 11 is 0. The molecule has 5 aliphatic carbocycles. The first-order valence-electron chi connectivity index (χ1n) is 14.4. The number of carbonyl (C=O) groups excluding carboxylic acids is 2. The lowest BCUT2D eigenvalue weighted by atomic mass is 9.35. The zero-order valence-electron chi connectivity index (χ0n) is 24.4. The van der Waals surface area contributed by atoms with Crippen LogP contribution in [0.15, 0.2) is 35.6 Å². The largest absolute Gasteiger partial charge is 0.373 e. The van der Waals surface area contributed by atoms with Gasteiger partial charge in [0.2, 0.25) is 0 Å². The van der Waals surface area contributed by atoms with Gasteiger partial charge in [-0.25, -0.2) is 0 Å². The lowest BCUT2D eigenvalue weighted by Crippen LogP contribution is -2.69. The van der Waals surface area contributed by atoms with Crippen molar-refractivity contribution in [2.75, 3.05) is 0 Å². The molecule has 7 atom stereocenters. The Bertz CT molecular complexity index is 1280. The minimum atomic E-state index is -0.647. The number of hydrogen-bond acceptors (Lipinski definition) is 4. The van der Waals surface area contributed by atoms with Crippen molar-refractivity contribution in [3.8, 4) is 18.4 Å². The Morgan fingerprint density at radius 2 is 1.71 bits per heavy atom. The van der Waals surface area contributed by atoms with Gasteiger partial charge < -0.3 is 5.32 Å². The number of Topliss-reactive ketones (excluding diaryl/α,β-unsaturated/α-hetero) is 1. The fourth-order valence-corrected chi connectivity index (χ4v) is 10.2. The average Bonchev–Trinajstić information content (AvgIpc) is 2.83. The summed E-state index contributed by atoms with van der Waals surface area (Å²) in [5, 5.41) is 13.6. The van der Waals surface area contributed by atoms with Gasteiger partial charge in [-0.2, -0.15) is 5.26 Å². The second-order valence-corrected chi connectivity index (χ2v) is 15.2. The Hall–Kier alpha value is -2.59. The van der Waals surface area contributed by atoms with E-state index in [0.29, 0.717) is 5.70 Å². The van der Waals surface area contributed by atoms with Crippen molar-refractivity contribution in [3.05, 3.63) is 35.6 Å². The summed E-state index contributed by atoms with van der Waals surface area (Å²) in [7, 11) is 0. The third kappa shape index (κ3) is 3.28. The molecule has 2 unspecified atom stereocenters. The van der Waals surface area contributed by atoms with Crippen LogP contribution in [0.5, 0.6) is 0 Å². The first-order chi connectivity index (χ1) is 17.5. The number of hydrogen-bond donors (Lipinski definition) is 1. The van der Waals surface area contributed by atoms with E-state index in [0.717, 1.165) is 50.5 Å². The molecule has 0 aromatic carbocycles. The molecule has 0 radical (unpaired) electrons. The first-order valence-corrected chi connectivity index (χ1v) is 14.4.